The maximum absolute atomic E-state index is 13.9. The molecule has 2 aromatic carbocycles. The fourth-order valence-electron chi connectivity index (χ4n) is 2.47. The Morgan fingerprint density at radius 3 is 2.61 bits per heavy atom. The van der Waals surface area contributed by atoms with Crippen molar-refractivity contribution in [2.75, 3.05) is 0 Å². The van der Waals surface area contributed by atoms with E-state index < -0.39 is 34.4 Å². The van der Waals surface area contributed by atoms with Crippen LogP contribution in [0.4, 0.5) is 13.2 Å². The maximum atomic E-state index is 13.9. The first-order chi connectivity index (χ1) is 11.0. The molecule has 1 aromatic heterocycles. The predicted molar refractivity (Wildman–Crippen MR) is 80.8 cm³/mol. The number of carbonyl (C=O) groups is 1. The highest BCUT2D eigenvalue weighted by molar-refractivity contribution is 6.00. The Morgan fingerprint density at radius 2 is 1.83 bits per heavy atom. The van der Waals surface area contributed by atoms with Gasteiger partial charge in [0.1, 0.15) is 5.82 Å². The quantitative estimate of drug-likeness (QED) is 0.530. The molecule has 0 atom stereocenters. The summed E-state index contributed by atoms with van der Waals surface area (Å²) in [6.45, 7) is 1.12. The number of pyridine rings is 1. The van der Waals surface area contributed by atoms with Crippen molar-refractivity contribution in [1.29, 1.82) is 0 Å². The van der Waals surface area contributed by atoms with E-state index in [0.717, 1.165) is 18.4 Å². The van der Waals surface area contributed by atoms with E-state index in [1.165, 1.54) is 6.20 Å². The number of aromatic nitrogens is 1. The zero-order valence-corrected chi connectivity index (χ0v) is 12.2. The van der Waals surface area contributed by atoms with Crippen molar-refractivity contribution in [3.05, 3.63) is 76.7 Å². The van der Waals surface area contributed by atoms with Crippen LogP contribution >= 0.6 is 0 Å². The molecule has 0 amide bonds. The minimum Gasteiger partial charge on any atom is -0.294 e. The second-order valence-electron chi connectivity index (χ2n) is 5.25. The van der Waals surface area contributed by atoms with Crippen LogP contribution in [0.3, 0.4) is 0 Å². The molecule has 0 saturated carbocycles. The molecule has 0 unspecified atom stereocenters. The zero-order chi connectivity index (χ0) is 16.6. The second kappa shape index (κ2) is 5.83. The van der Waals surface area contributed by atoms with Gasteiger partial charge in [0.2, 0.25) is 0 Å². The van der Waals surface area contributed by atoms with E-state index in [2.05, 4.69) is 4.98 Å². The molecule has 0 spiro atoms. The smallest absolute Gasteiger partial charge is 0.170 e. The van der Waals surface area contributed by atoms with Gasteiger partial charge in [-0.05, 0) is 30.7 Å². The summed E-state index contributed by atoms with van der Waals surface area (Å²) in [7, 11) is 0. The normalized spacial score (nSPS) is 11.0. The summed E-state index contributed by atoms with van der Waals surface area (Å²) in [6.07, 6.45) is 1.37. The number of hydrogen-bond donors (Lipinski definition) is 0. The monoisotopic (exact) mass is 315 g/mol. The van der Waals surface area contributed by atoms with E-state index >= 15 is 0 Å². The molecule has 3 rings (SSSR count). The summed E-state index contributed by atoms with van der Waals surface area (Å²) in [4.78, 5) is 16.5. The van der Waals surface area contributed by atoms with Crippen LogP contribution in [0.2, 0.25) is 0 Å². The van der Waals surface area contributed by atoms with Crippen LogP contribution in [0, 0.1) is 24.4 Å². The van der Waals surface area contributed by atoms with Gasteiger partial charge in [-0.25, -0.2) is 13.2 Å². The third-order valence-electron chi connectivity index (χ3n) is 3.78. The molecule has 0 aliphatic heterocycles. The fourth-order valence-corrected chi connectivity index (χ4v) is 2.47. The van der Waals surface area contributed by atoms with Crippen LogP contribution in [0.5, 0.6) is 0 Å². The SMILES string of the molecule is Cc1c(F)cc(C(=O)Cc2ccnc3ccccc23)c(F)c1F. The first kappa shape index (κ1) is 15.2. The molecular weight excluding hydrogens is 303 g/mol. The number of ketones is 1. The van der Waals surface area contributed by atoms with Crippen LogP contribution in [0.25, 0.3) is 10.9 Å². The summed E-state index contributed by atoms with van der Waals surface area (Å²) in [5.41, 5.74) is 0.306. The Kier molecular flexibility index (Phi) is 3.86. The van der Waals surface area contributed by atoms with Gasteiger partial charge in [-0.1, -0.05) is 18.2 Å². The van der Waals surface area contributed by atoms with Crippen molar-refractivity contribution in [1.82, 2.24) is 4.98 Å². The molecule has 0 aliphatic carbocycles. The van der Waals surface area contributed by atoms with Crippen LogP contribution in [0.1, 0.15) is 21.5 Å². The van der Waals surface area contributed by atoms with E-state index in [-0.39, 0.29) is 6.42 Å². The lowest BCUT2D eigenvalue weighted by Crippen LogP contribution is -2.10. The highest BCUT2D eigenvalue weighted by Gasteiger charge is 2.21. The Balaban J connectivity index is 2.02. The Labute approximate surface area is 130 Å². The molecule has 0 saturated heterocycles. The third kappa shape index (κ3) is 2.70. The first-order valence-electron chi connectivity index (χ1n) is 6.99. The molecule has 0 N–H and O–H groups in total. The first-order valence-corrected chi connectivity index (χ1v) is 6.99. The summed E-state index contributed by atoms with van der Waals surface area (Å²) in [5, 5.41) is 0.747. The van der Waals surface area contributed by atoms with Gasteiger partial charge in [0, 0.05) is 23.6 Å². The largest absolute Gasteiger partial charge is 0.294 e. The van der Waals surface area contributed by atoms with Crippen LogP contribution in [-0.2, 0) is 6.42 Å². The molecule has 5 heteroatoms. The predicted octanol–water partition coefficient (Wildman–Crippen LogP) is 4.39. The van der Waals surface area contributed by atoms with Crippen molar-refractivity contribution in [2.24, 2.45) is 0 Å². The lowest BCUT2D eigenvalue weighted by atomic mass is 9.98. The van der Waals surface area contributed by atoms with Crippen molar-refractivity contribution >= 4 is 16.7 Å². The zero-order valence-electron chi connectivity index (χ0n) is 12.2. The average molecular weight is 315 g/mol. The Bertz CT molecular complexity index is 916. The van der Waals surface area contributed by atoms with Crippen molar-refractivity contribution in [3.8, 4) is 0 Å². The number of carbonyl (C=O) groups excluding carboxylic acids is 1. The average Bonchev–Trinajstić information content (AvgIpc) is 2.56. The molecule has 0 bridgehead atoms. The van der Waals surface area contributed by atoms with Crippen LogP contribution < -0.4 is 0 Å². The van der Waals surface area contributed by atoms with Gasteiger partial charge in [-0.2, -0.15) is 0 Å². The van der Waals surface area contributed by atoms with Gasteiger partial charge in [-0.15, -0.1) is 0 Å². The molecular formula is C18H12F3NO. The molecule has 2 nitrogen and oxygen atoms in total. The number of fused-ring (bicyclic) bond motifs is 1. The van der Waals surface area contributed by atoms with Gasteiger partial charge >= 0.3 is 0 Å². The molecule has 1 heterocycles. The van der Waals surface area contributed by atoms with Crippen molar-refractivity contribution in [2.45, 2.75) is 13.3 Å². The van der Waals surface area contributed by atoms with Gasteiger partial charge in [0.15, 0.2) is 17.4 Å². The van der Waals surface area contributed by atoms with Gasteiger partial charge < -0.3 is 0 Å². The Hall–Kier alpha value is -2.69. The minimum absolute atomic E-state index is 0.165. The number of halogens is 3. The van der Waals surface area contributed by atoms with E-state index in [0.29, 0.717) is 11.1 Å². The second-order valence-corrected chi connectivity index (χ2v) is 5.25. The lowest BCUT2D eigenvalue weighted by molar-refractivity contribution is 0.0988. The molecule has 0 radical (unpaired) electrons. The number of para-hydroxylation sites is 1. The highest BCUT2D eigenvalue weighted by atomic mass is 19.2. The topological polar surface area (TPSA) is 30.0 Å². The van der Waals surface area contributed by atoms with E-state index in [1.54, 1.807) is 24.3 Å². The molecule has 23 heavy (non-hydrogen) atoms. The maximum Gasteiger partial charge on any atom is 0.170 e. The summed E-state index contributed by atoms with van der Waals surface area (Å²) in [6, 6.07) is 9.57. The minimum atomic E-state index is -1.33. The molecule has 0 aliphatic rings. The summed E-state index contributed by atoms with van der Waals surface area (Å²) in [5.74, 6) is -4.26. The van der Waals surface area contributed by atoms with Crippen molar-refractivity contribution < 1.29 is 18.0 Å². The number of hydrogen-bond acceptors (Lipinski definition) is 2. The molecule has 3 aromatic rings. The lowest BCUT2D eigenvalue weighted by Gasteiger charge is -2.08. The number of nitrogens with zero attached hydrogens (tertiary/aromatic N) is 1. The fraction of sp³-hybridized carbons (Fsp3) is 0.111. The number of benzene rings is 2. The summed E-state index contributed by atoms with van der Waals surface area (Å²) >= 11 is 0. The standard InChI is InChI=1S/C18H12F3NO/c1-10-14(19)9-13(18(21)17(10)20)16(23)8-11-6-7-22-15-5-3-2-4-12(11)15/h2-7,9H,8H2,1H3. The van der Waals surface area contributed by atoms with Gasteiger partial charge in [0.05, 0.1) is 11.1 Å². The van der Waals surface area contributed by atoms with Gasteiger partial charge in [-0.3, -0.25) is 9.78 Å². The number of Topliss-reactive ketones (excluding diaryl/α,β-unsaturated/α-hetero) is 1. The molecule has 116 valence electrons. The van der Waals surface area contributed by atoms with Gasteiger partial charge in [0.25, 0.3) is 0 Å². The third-order valence-corrected chi connectivity index (χ3v) is 3.78. The van der Waals surface area contributed by atoms with Crippen LogP contribution in [-0.4, -0.2) is 10.8 Å². The van der Waals surface area contributed by atoms with E-state index in [1.807, 2.05) is 6.07 Å². The van der Waals surface area contributed by atoms with E-state index in [9.17, 15) is 18.0 Å². The van der Waals surface area contributed by atoms with Crippen molar-refractivity contribution in [3.63, 3.8) is 0 Å². The highest BCUT2D eigenvalue weighted by Crippen LogP contribution is 2.23. The molecule has 0 fully saturated rings. The van der Waals surface area contributed by atoms with Crippen LogP contribution in [0.15, 0.2) is 42.6 Å². The Morgan fingerprint density at radius 1 is 1.09 bits per heavy atom. The summed E-state index contributed by atoms with van der Waals surface area (Å²) < 4.78 is 41.2. The van der Waals surface area contributed by atoms with E-state index in [4.69, 9.17) is 0 Å². The number of rotatable bonds is 3.